The maximum Gasteiger partial charge on any atom is 0.416 e. The number of hydrogen-bond donors (Lipinski definition) is 1. The predicted octanol–water partition coefficient (Wildman–Crippen LogP) is 11.6. The van der Waals surface area contributed by atoms with Crippen LogP contribution in [0.25, 0.3) is 0 Å². The molecule has 0 fully saturated rings. The average molecular weight is 612 g/mol. The van der Waals surface area contributed by atoms with E-state index < -0.39 is 11.7 Å². The van der Waals surface area contributed by atoms with Gasteiger partial charge in [-0.3, -0.25) is 4.79 Å². The summed E-state index contributed by atoms with van der Waals surface area (Å²) in [5.74, 6) is 7.01. The largest absolute Gasteiger partial charge is 0.416 e. The maximum atomic E-state index is 12.5. The maximum absolute atomic E-state index is 12.5. The van der Waals surface area contributed by atoms with Crippen molar-refractivity contribution in [2.75, 3.05) is 12.4 Å². The lowest BCUT2D eigenvalue weighted by atomic mass is 9.95. The molecule has 0 radical (unpaired) electrons. The zero-order valence-corrected chi connectivity index (χ0v) is 28.0. The Morgan fingerprint density at radius 3 is 2.30 bits per heavy atom. The van der Waals surface area contributed by atoms with Crippen molar-refractivity contribution in [1.29, 1.82) is 0 Å². The Balaban J connectivity index is 0.000000922. The average Bonchev–Trinajstić information content (AvgIpc) is 3.01. The van der Waals surface area contributed by atoms with Crippen molar-refractivity contribution in [3.05, 3.63) is 110 Å². The molecule has 2 nitrogen and oxygen atoms in total. The van der Waals surface area contributed by atoms with Gasteiger partial charge in [-0.25, -0.2) is 0 Å². The third-order valence-corrected chi connectivity index (χ3v) is 7.23. The highest BCUT2D eigenvalue weighted by Crippen LogP contribution is 2.34. The number of aldehydes is 1. The fourth-order valence-corrected chi connectivity index (χ4v) is 4.48. The predicted molar refractivity (Wildman–Crippen MR) is 183 cm³/mol. The Hall–Kier alpha value is -3.43. The number of allylic oxidation sites excluding steroid dienone is 6. The van der Waals surface area contributed by atoms with Crippen LogP contribution in [0.1, 0.15) is 93.9 Å². The van der Waals surface area contributed by atoms with Crippen molar-refractivity contribution in [3.8, 4) is 11.8 Å². The quantitative estimate of drug-likeness (QED) is 0.165. The number of nitrogens with one attached hydrogen (secondary N) is 1. The zero-order valence-electron chi connectivity index (χ0n) is 27.2. The Kier molecular flexibility index (Phi) is 19.6. The summed E-state index contributed by atoms with van der Waals surface area (Å²) in [7, 11) is 1.60. The van der Waals surface area contributed by atoms with E-state index in [-0.39, 0.29) is 0 Å². The molecule has 0 amide bonds. The van der Waals surface area contributed by atoms with Crippen LogP contribution < -0.4 is 5.32 Å². The molecule has 0 aromatic heterocycles. The van der Waals surface area contributed by atoms with Gasteiger partial charge in [0.25, 0.3) is 0 Å². The van der Waals surface area contributed by atoms with Gasteiger partial charge >= 0.3 is 6.18 Å². The van der Waals surface area contributed by atoms with Gasteiger partial charge in [0.1, 0.15) is 6.29 Å². The van der Waals surface area contributed by atoms with Crippen LogP contribution >= 0.6 is 11.8 Å². The molecule has 234 valence electrons. The second-order valence-electron chi connectivity index (χ2n) is 9.43. The van der Waals surface area contributed by atoms with Crippen LogP contribution in [-0.2, 0) is 12.6 Å². The summed E-state index contributed by atoms with van der Waals surface area (Å²) in [5, 5.41) is 4.56. The fourth-order valence-electron chi connectivity index (χ4n) is 3.83. The van der Waals surface area contributed by atoms with Gasteiger partial charge in [-0.1, -0.05) is 90.3 Å². The van der Waals surface area contributed by atoms with E-state index in [9.17, 15) is 18.0 Å². The molecule has 0 aliphatic heterocycles. The van der Waals surface area contributed by atoms with Gasteiger partial charge in [-0.05, 0) is 90.3 Å². The summed E-state index contributed by atoms with van der Waals surface area (Å²) in [6.45, 7) is 20.3. The Morgan fingerprint density at radius 1 is 1.12 bits per heavy atom. The monoisotopic (exact) mass is 611 g/mol. The summed E-state index contributed by atoms with van der Waals surface area (Å²) in [4.78, 5) is 12.3. The molecule has 43 heavy (non-hydrogen) atoms. The number of anilines is 1. The highest BCUT2D eigenvalue weighted by atomic mass is 32.2. The molecule has 0 aliphatic carbocycles. The van der Waals surface area contributed by atoms with Crippen LogP contribution in [-0.4, -0.2) is 13.3 Å². The minimum atomic E-state index is -4.27. The van der Waals surface area contributed by atoms with E-state index in [2.05, 4.69) is 69.7 Å². The minimum absolute atomic E-state index is 0.330. The molecular formula is C37H48F3NOS. The third-order valence-electron chi connectivity index (χ3n) is 6.48. The van der Waals surface area contributed by atoms with Crippen LogP contribution in [0.15, 0.2) is 82.7 Å². The topological polar surface area (TPSA) is 29.1 Å². The van der Waals surface area contributed by atoms with Gasteiger partial charge in [0.2, 0.25) is 0 Å². The Bertz CT molecular complexity index is 1320. The molecule has 2 rings (SSSR count). The van der Waals surface area contributed by atoms with Gasteiger partial charge in [0.05, 0.1) is 5.56 Å². The van der Waals surface area contributed by atoms with E-state index in [1.807, 2.05) is 44.4 Å². The molecule has 0 saturated carbocycles. The molecule has 0 bridgehead atoms. The summed E-state index contributed by atoms with van der Waals surface area (Å²) in [6.07, 6.45) is 5.41. The second-order valence-corrected chi connectivity index (χ2v) is 10.6. The Morgan fingerprint density at radius 2 is 1.79 bits per heavy atom. The molecule has 0 saturated heterocycles. The van der Waals surface area contributed by atoms with E-state index in [0.717, 1.165) is 41.9 Å². The lowest BCUT2D eigenvalue weighted by Gasteiger charge is -2.14. The smallest absolute Gasteiger partial charge is 0.388 e. The summed E-state index contributed by atoms with van der Waals surface area (Å²) >= 11 is 1.66. The van der Waals surface area contributed by atoms with Crippen molar-refractivity contribution in [2.45, 2.75) is 80.8 Å². The SMILES string of the molecule is C=CS/C(C)=C(/C=C(C#Cc1cc(C=O)ccc1C)\C=C\CC)C(C)CC.CC.CCc1ccc(NC)cc1C(F)(F)F. The second kappa shape index (κ2) is 21.3. The normalized spacial score (nSPS) is 12.4. The van der Waals surface area contributed by atoms with Gasteiger partial charge in [0.15, 0.2) is 0 Å². The van der Waals surface area contributed by atoms with Crippen LogP contribution in [0.3, 0.4) is 0 Å². The summed E-state index contributed by atoms with van der Waals surface area (Å²) < 4.78 is 37.6. The van der Waals surface area contributed by atoms with Gasteiger partial charge in [0, 0.05) is 29.4 Å². The summed E-state index contributed by atoms with van der Waals surface area (Å²) in [5.41, 5.74) is 5.15. The highest BCUT2D eigenvalue weighted by Gasteiger charge is 2.32. The first-order chi connectivity index (χ1) is 20.4. The fraction of sp³-hybridized carbons (Fsp3) is 0.378. The van der Waals surface area contributed by atoms with Crippen molar-refractivity contribution >= 4 is 23.7 Å². The lowest BCUT2D eigenvalue weighted by molar-refractivity contribution is -0.138. The number of carbonyl (C=O) groups excluding carboxylic acids is 1. The minimum Gasteiger partial charge on any atom is -0.388 e. The lowest BCUT2D eigenvalue weighted by Crippen LogP contribution is -2.09. The van der Waals surface area contributed by atoms with Gasteiger partial charge in [-0.2, -0.15) is 13.2 Å². The molecule has 0 aliphatic rings. The third kappa shape index (κ3) is 14.1. The molecular weight excluding hydrogens is 563 g/mol. The van der Waals surface area contributed by atoms with Crippen molar-refractivity contribution in [2.24, 2.45) is 5.92 Å². The Labute approximate surface area is 262 Å². The van der Waals surface area contributed by atoms with E-state index in [0.29, 0.717) is 29.2 Å². The van der Waals surface area contributed by atoms with E-state index in [1.165, 1.54) is 16.5 Å². The molecule has 2 aromatic rings. The van der Waals surface area contributed by atoms with Crippen molar-refractivity contribution in [1.82, 2.24) is 0 Å². The number of benzene rings is 2. The van der Waals surface area contributed by atoms with E-state index >= 15 is 0 Å². The first-order valence-corrected chi connectivity index (χ1v) is 15.7. The van der Waals surface area contributed by atoms with Crippen molar-refractivity contribution < 1.29 is 18.0 Å². The number of alkyl halides is 3. The van der Waals surface area contributed by atoms with Crippen LogP contribution in [0.5, 0.6) is 0 Å². The molecule has 2 aromatic carbocycles. The van der Waals surface area contributed by atoms with Crippen molar-refractivity contribution in [3.63, 3.8) is 0 Å². The number of aryl methyl sites for hydroxylation is 2. The first-order valence-electron chi connectivity index (χ1n) is 14.8. The summed E-state index contributed by atoms with van der Waals surface area (Å²) in [6, 6.07) is 9.90. The number of carbonyl (C=O) groups is 1. The highest BCUT2D eigenvalue weighted by molar-refractivity contribution is 8.05. The van der Waals surface area contributed by atoms with Crippen LogP contribution in [0.2, 0.25) is 0 Å². The van der Waals surface area contributed by atoms with Crippen LogP contribution in [0, 0.1) is 24.7 Å². The first kappa shape index (κ1) is 39.6. The van der Waals surface area contributed by atoms with E-state index in [1.54, 1.807) is 31.8 Å². The standard InChI is InChI=1S/C25H30OS.C10H12F3N.C2H6/c1-7-10-11-22(17-25(19(4)8-2)21(6)27-9-3)14-15-24-16-23(18-26)13-12-20(24)5;1-3-7-4-5-8(14-2)6-9(7)10(11,12)13;1-2/h9-13,16-19H,3,7-8H2,1-2,4-6H3;4-6,14H,3H2,1-2H3;1-2H3/b11-10+,22-17+,25-21-;;. The molecule has 1 atom stereocenters. The van der Waals surface area contributed by atoms with Gasteiger partial charge in [-0.15, -0.1) is 11.8 Å². The number of rotatable bonds is 10. The molecule has 6 heteroatoms. The number of halogens is 3. The number of hydrogen-bond acceptors (Lipinski definition) is 3. The van der Waals surface area contributed by atoms with Gasteiger partial charge < -0.3 is 5.32 Å². The van der Waals surface area contributed by atoms with Crippen LogP contribution in [0.4, 0.5) is 18.9 Å². The number of thioether (sulfide) groups is 1. The molecule has 1 N–H and O–H groups in total. The molecule has 0 heterocycles. The molecule has 1 unspecified atom stereocenters. The molecule has 0 spiro atoms. The zero-order chi connectivity index (χ0) is 33.0. The van der Waals surface area contributed by atoms with E-state index in [4.69, 9.17) is 0 Å².